The van der Waals surface area contributed by atoms with Gasteiger partial charge in [-0.1, -0.05) is 23.7 Å². The van der Waals surface area contributed by atoms with Crippen molar-refractivity contribution in [2.45, 2.75) is 0 Å². The van der Waals surface area contributed by atoms with Crippen LogP contribution in [0, 0.1) is 5.82 Å². The molecule has 0 aliphatic rings. The molecule has 0 spiro atoms. The monoisotopic (exact) mass is 335 g/mol. The molecule has 0 fully saturated rings. The number of benzene rings is 2. The van der Waals surface area contributed by atoms with Crippen molar-refractivity contribution in [3.63, 3.8) is 0 Å². The molecule has 23 heavy (non-hydrogen) atoms. The molecule has 0 aliphatic carbocycles. The maximum absolute atomic E-state index is 13.0. The minimum atomic E-state index is -0.468. The molecule has 2 rings (SSSR count). The summed E-state index contributed by atoms with van der Waals surface area (Å²) in [6.07, 6.45) is 2.92. The molecular formula is C17H15ClFNO3. The average molecular weight is 336 g/mol. The predicted octanol–water partition coefficient (Wildman–Crippen LogP) is 4.15. The smallest absolute Gasteiger partial charge is 0.248 e. The van der Waals surface area contributed by atoms with E-state index in [4.69, 9.17) is 21.1 Å². The van der Waals surface area contributed by atoms with Crippen LogP contribution in [0.25, 0.3) is 6.08 Å². The summed E-state index contributed by atoms with van der Waals surface area (Å²) in [6, 6.07) is 9.08. The van der Waals surface area contributed by atoms with Crippen molar-refractivity contribution in [1.82, 2.24) is 0 Å². The molecule has 0 radical (unpaired) electrons. The van der Waals surface area contributed by atoms with Crippen LogP contribution in [0.15, 0.2) is 42.5 Å². The van der Waals surface area contributed by atoms with E-state index in [1.165, 1.54) is 32.4 Å². The Hall–Kier alpha value is -2.53. The zero-order valence-corrected chi connectivity index (χ0v) is 13.4. The minimum absolute atomic E-state index is 0.130. The Balaban J connectivity index is 2.15. The van der Waals surface area contributed by atoms with Crippen molar-refractivity contribution in [3.05, 3.63) is 58.9 Å². The van der Waals surface area contributed by atoms with Gasteiger partial charge in [-0.15, -0.1) is 0 Å². The van der Waals surface area contributed by atoms with E-state index < -0.39 is 11.7 Å². The van der Waals surface area contributed by atoms with E-state index >= 15 is 0 Å². The van der Waals surface area contributed by atoms with E-state index in [0.29, 0.717) is 22.7 Å². The number of amides is 1. The summed E-state index contributed by atoms with van der Waals surface area (Å²) in [4.78, 5) is 12.0. The molecule has 1 amide bonds. The number of carbonyl (C=O) groups is 1. The average Bonchev–Trinajstić information content (AvgIpc) is 2.55. The molecular weight excluding hydrogens is 321 g/mol. The lowest BCUT2D eigenvalue weighted by Crippen LogP contribution is -2.08. The summed E-state index contributed by atoms with van der Waals surface area (Å²) in [5.74, 6) is 0.226. The van der Waals surface area contributed by atoms with Crippen LogP contribution in [0.2, 0.25) is 5.02 Å². The highest BCUT2D eigenvalue weighted by Gasteiger charge is 2.08. The Kier molecular flexibility index (Phi) is 5.60. The number of hydrogen-bond donors (Lipinski definition) is 1. The first-order valence-electron chi connectivity index (χ1n) is 6.70. The van der Waals surface area contributed by atoms with Crippen LogP contribution in [0.4, 0.5) is 10.1 Å². The first-order chi connectivity index (χ1) is 11.0. The van der Waals surface area contributed by atoms with Crippen LogP contribution >= 0.6 is 11.6 Å². The molecule has 0 saturated heterocycles. The fourth-order valence-corrected chi connectivity index (χ4v) is 2.19. The normalized spacial score (nSPS) is 10.6. The molecule has 1 N–H and O–H groups in total. The van der Waals surface area contributed by atoms with E-state index in [2.05, 4.69) is 5.32 Å². The topological polar surface area (TPSA) is 47.6 Å². The molecule has 0 unspecified atom stereocenters. The SMILES string of the molecule is COc1cccc(/C=C/C(=O)Nc2ccc(F)cc2Cl)c1OC. The Bertz CT molecular complexity index is 747. The largest absolute Gasteiger partial charge is 0.493 e. The Morgan fingerprint density at radius 3 is 2.65 bits per heavy atom. The molecule has 0 aromatic heterocycles. The van der Waals surface area contributed by atoms with Gasteiger partial charge in [0.15, 0.2) is 11.5 Å². The third kappa shape index (κ3) is 4.23. The fourth-order valence-electron chi connectivity index (χ4n) is 1.97. The maximum atomic E-state index is 13.0. The van der Waals surface area contributed by atoms with Crippen molar-refractivity contribution >= 4 is 29.3 Å². The second-order valence-corrected chi connectivity index (χ2v) is 4.94. The number of halogens is 2. The van der Waals surface area contributed by atoms with Crippen LogP contribution in [0.5, 0.6) is 11.5 Å². The van der Waals surface area contributed by atoms with Gasteiger partial charge >= 0.3 is 0 Å². The fraction of sp³-hybridized carbons (Fsp3) is 0.118. The number of anilines is 1. The summed E-state index contributed by atoms with van der Waals surface area (Å²) in [5.41, 5.74) is 1.02. The highest BCUT2D eigenvalue weighted by molar-refractivity contribution is 6.33. The number of carbonyl (C=O) groups excluding carboxylic acids is 1. The van der Waals surface area contributed by atoms with Crippen molar-refractivity contribution in [3.8, 4) is 11.5 Å². The summed E-state index contributed by atoms with van der Waals surface area (Å²) in [5, 5.41) is 2.71. The number of methoxy groups -OCH3 is 2. The maximum Gasteiger partial charge on any atom is 0.248 e. The Morgan fingerprint density at radius 2 is 2.00 bits per heavy atom. The first kappa shape index (κ1) is 16.8. The summed E-state index contributed by atoms with van der Waals surface area (Å²) < 4.78 is 23.4. The van der Waals surface area contributed by atoms with Crippen molar-refractivity contribution in [1.29, 1.82) is 0 Å². The van der Waals surface area contributed by atoms with Crippen LogP contribution in [-0.4, -0.2) is 20.1 Å². The van der Waals surface area contributed by atoms with E-state index in [0.717, 1.165) is 6.07 Å². The molecule has 4 nitrogen and oxygen atoms in total. The third-order valence-electron chi connectivity index (χ3n) is 3.04. The number of ether oxygens (including phenoxy) is 2. The Morgan fingerprint density at radius 1 is 1.22 bits per heavy atom. The van der Waals surface area contributed by atoms with Gasteiger partial charge in [0.2, 0.25) is 5.91 Å². The molecule has 120 valence electrons. The molecule has 0 atom stereocenters. The highest BCUT2D eigenvalue weighted by Crippen LogP contribution is 2.31. The number of nitrogens with one attached hydrogen (secondary N) is 1. The predicted molar refractivity (Wildman–Crippen MR) is 88.6 cm³/mol. The molecule has 0 bridgehead atoms. The molecule has 6 heteroatoms. The van der Waals surface area contributed by atoms with Crippen LogP contribution in [0.1, 0.15) is 5.56 Å². The van der Waals surface area contributed by atoms with E-state index in [9.17, 15) is 9.18 Å². The number of para-hydroxylation sites is 1. The van der Waals surface area contributed by atoms with Crippen LogP contribution < -0.4 is 14.8 Å². The first-order valence-corrected chi connectivity index (χ1v) is 7.08. The van der Waals surface area contributed by atoms with Gasteiger partial charge in [-0.25, -0.2) is 4.39 Å². The highest BCUT2D eigenvalue weighted by atomic mass is 35.5. The van der Waals surface area contributed by atoms with Crippen molar-refractivity contribution < 1.29 is 18.7 Å². The lowest BCUT2D eigenvalue weighted by Gasteiger charge is -2.10. The van der Waals surface area contributed by atoms with Crippen molar-refractivity contribution in [2.75, 3.05) is 19.5 Å². The quantitative estimate of drug-likeness (QED) is 0.835. The summed E-state index contributed by atoms with van der Waals surface area (Å²) in [6.45, 7) is 0. The standard InChI is InChI=1S/C17H15ClFNO3/c1-22-15-5-3-4-11(17(15)23-2)6-9-16(21)20-14-8-7-12(19)10-13(14)18/h3-10H,1-2H3,(H,20,21)/b9-6+. The summed E-state index contributed by atoms with van der Waals surface area (Å²) in [7, 11) is 3.06. The van der Waals surface area contributed by atoms with E-state index in [-0.39, 0.29) is 5.02 Å². The molecule has 0 saturated carbocycles. The molecule has 0 heterocycles. The van der Waals surface area contributed by atoms with Gasteiger partial charge in [-0.05, 0) is 30.3 Å². The molecule has 0 aliphatic heterocycles. The summed E-state index contributed by atoms with van der Waals surface area (Å²) >= 11 is 5.86. The van der Waals surface area contributed by atoms with Crippen LogP contribution in [0.3, 0.4) is 0 Å². The lowest BCUT2D eigenvalue weighted by atomic mass is 10.1. The Labute approximate surface area is 138 Å². The van der Waals surface area contributed by atoms with Gasteiger partial charge in [0.25, 0.3) is 0 Å². The van der Waals surface area contributed by atoms with Gasteiger partial charge < -0.3 is 14.8 Å². The van der Waals surface area contributed by atoms with E-state index in [1.807, 2.05) is 0 Å². The van der Waals surface area contributed by atoms with Gasteiger partial charge in [0, 0.05) is 11.6 Å². The van der Waals surface area contributed by atoms with Gasteiger partial charge in [-0.2, -0.15) is 0 Å². The number of rotatable bonds is 5. The van der Waals surface area contributed by atoms with Gasteiger partial charge in [0.05, 0.1) is 24.9 Å². The van der Waals surface area contributed by atoms with Gasteiger partial charge in [0.1, 0.15) is 5.82 Å². The van der Waals surface area contributed by atoms with Crippen LogP contribution in [-0.2, 0) is 4.79 Å². The van der Waals surface area contributed by atoms with Gasteiger partial charge in [-0.3, -0.25) is 4.79 Å². The second-order valence-electron chi connectivity index (χ2n) is 4.53. The third-order valence-corrected chi connectivity index (χ3v) is 3.35. The number of hydrogen-bond acceptors (Lipinski definition) is 3. The van der Waals surface area contributed by atoms with E-state index in [1.54, 1.807) is 24.3 Å². The van der Waals surface area contributed by atoms with Crippen molar-refractivity contribution in [2.24, 2.45) is 0 Å². The minimum Gasteiger partial charge on any atom is -0.493 e. The zero-order valence-electron chi connectivity index (χ0n) is 12.6. The zero-order chi connectivity index (χ0) is 16.8. The second kappa shape index (κ2) is 7.65. The molecule has 2 aromatic rings. The molecule has 2 aromatic carbocycles. The lowest BCUT2D eigenvalue weighted by molar-refractivity contribution is -0.111.